The van der Waals surface area contributed by atoms with Crippen LogP contribution in [0.2, 0.25) is 0 Å². The summed E-state index contributed by atoms with van der Waals surface area (Å²) in [4.78, 5) is 12.5. The van der Waals surface area contributed by atoms with Crippen molar-refractivity contribution < 1.29 is 19.0 Å². The number of hydrogen-bond acceptors (Lipinski definition) is 4. The lowest BCUT2D eigenvalue weighted by Crippen LogP contribution is -2.02. The zero-order valence-corrected chi connectivity index (χ0v) is 13.8. The van der Waals surface area contributed by atoms with Crippen LogP contribution >= 0.6 is 0 Å². The molecule has 0 spiro atoms. The van der Waals surface area contributed by atoms with Gasteiger partial charge in [-0.25, -0.2) is 0 Å². The average molecular weight is 312 g/mol. The molecule has 0 aliphatic heterocycles. The van der Waals surface area contributed by atoms with Crippen LogP contribution in [-0.4, -0.2) is 27.1 Å². The fraction of sp³-hybridized carbons (Fsp3) is 0.211. The van der Waals surface area contributed by atoms with Crippen LogP contribution in [0.3, 0.4) is 0 Å². The molecule has 0 bridgehead atoms. The molecule has 0 unspecified atom stereocenters. The molecule has 2 aromatic rings. The van der Waals surface area contributed by atoms with Crippen molar-refractivity contribution in [1.29, 1.82) is 0 Å². The van der Waals surface area contributed by atoms with Crippen molar-refractivity contribution in [2.75, 3.05) is 21.3 Å². The van der Waals surface area contributed by atoms with Gasteiger partial charge >= 0.3 is 0 Å². The number of carbonyl (C=O) groups is 1. The van der Waals surface area contributed by atoms with Crippen LogP contribution in [0.25, 0.3) is 6.08 Å². The van der Waals surface area contributed by atoms with Gasteiger partial charge in [-0.15, -0.1) is 0 Å². The first-order valence-electron chi connectivity index (χ1n) is 7.18. The lowest BCUT2D eigenvalue weighted by molar-refractivity contribution is 0.104. The van der Waals surface area contributed by atoms with Crippen LogP contribution in [0.15, 0.2) is 42.5 Å². The smallest absolute Gasteiger partial charge is 0.204 e. The van der Waals surface area contributed by atoms with E-state index in [1.165, 1.54) is 27.4 Å². The number of rotatable bonds is 6. The van der Waals surface area contributed by atoms with E-state index in [1.807, 2.05) is 31.2 Å². The minimum atomic E-state index is -0.163. The second-order valence-corrected chi connectivity index (χ2v) is 4.99. The fourth-order valence-electron chi connectivity index (χ4n) is 2.33. The van der Waals surface area contributed by atoms with Crippen molar-refractivity contribution >= 4 is 11.9 Å². The Morgan fingerprint density at radius 1 is 0.957 bits per heavy atom. The number of ether oxygens (including phenoxy) is 3. The zero-order chi connectivity index (χ0) is 16.8. The largest absolute Gasteiger partial charge is 0.493 e. The van der Waals surface area contributed by atoms with Crippen molar-refractivity contribution in [3.63, 3.8) is 0 Å². The molecule has 0 aliphatic carbocycles. The Balaban J connectivity index is 2.35. The van der Waals surface area contributed by atoms with Gasteiger partial charge < -0.3 is 14.2 Å². The van der Waals surface area contributed by atoms with Gasteiger partial charge in [0.1, 0.15) is 0 Å². The van der Waals surface area contributed by atoms with Crippen molar-refractivity contribution in [3.8, 4) is 17.2 Å². The van der Waals surface area contributed by atoms with E-state index >= 15 is 0 Å². The number of ketones is 1. The molecule has 0 saturated heterocycles. The maximum Gasteiger partial charge on any atom is 0.204 e. The van der Waals surface area contributed by atoms with Crippen molar-refractivity contribution in [1.82, 2.24) is 0 Å². The van der Waals surface area contributed by atoms with E-state index in [0.29, 0.717) is 22.8 Å². The first-order valence-corrected chi connectivity index (χ1v) is 7.18. The number of aryl methyl sites for hydroxylation is 1. The molecule has 0 fully saturated rings. The van der Waals surface area contributed by atoms with Gasteiger partial charge in [0.2, 0.25) is 5.75 Å². The molecule has 0 amide bonds. The Kier molecular flexibility index (Phi) is 5.41. The van der Waals surface area contributed by atoms with Crippen LogP contribution < -0.4 is 14.2 Å². The number of methoxy groups -OCH3 is 3. The van der Waals surface area contributed by atoms with Gasteiger partial charge in [0.15, 0.2) is 17.3 Å². The van der Waals surface area contributed by atoms with E-state index < -0.39 is 0 Å². The minimum Gasteiger partial charge on any atom is -0.493 e. The molecule has 0 radical (unpaired) electrons. The summed E-state index contributed by atoms with van der Waals surface area (Å²) < 4.78 is 15.9. The Bertz CT molecular complexity index is 732. The molecular weight excluding hydrogens is 292 g/mol. The van der Waals surface area contributed by atoms with Crippen LogP contribution in [0.1, 0.15) is 21.5 Å². The topological polar surface area (TPSA) is 44.8 Å². The summed E-state index contributed by atoms with van der Waals surface area (Å²) in [5, 5.41) is 0. The first kappa shape index (κ1) is 16.6. The zero-order valence-electron chi connectivity index (χ0n) is 13.8. The molecule has 0 aromatic heterocycles. The monoisotopic (exact) mass is 312 g/mol. The first-order chi connectivity index (χ1) is 11.1. The SMILES string of the molecule is COc1ccc(C(=O)/C=C/c2cccc(C)c2)c(OC)c1OC. The molecule has 0 saturated carbocycles. The predicted molar refractivity (Wildman–Crippen MR) is 90.6 cm³/mol. The lowest BCUT2D eigenvalue weighted by atomic mass is 10.1. The van der Waals surface area contributed by atoms with Crippen LogP contribution in [0.5, 0.6) is 17.2 Å². The highest BCUT2D eigenvalue weighted by molar-refractivity contribution is 6.09. The number of carbonyl (C=O) groups excluding carboxylic acids is 1. The summed E-state index contributed by atoms with van der Waals surface area (Å²) in [7, 11) is 4.55. The van der Waals surface area contributed by atoms with E-state index in [0.717, 1.165) is 11.1 Å². The van der Waals surface area contributed by atoms with Crippen LogP contribution in [-0.2, 0) is 0 Å². The molecule has 0 heterocycles. The van der Waals surface area contributed by atoms with Gasteiger partial charge in [0, 0.05) is 0 Å². The second-order valence-electron chi connectivity index (χ2n) is 4.99. The summed E-state index contributed by atoms with van der Waals surface area (Å²) in [6.07, 6.45) is 3.31. The Morgan fingerprint density at radius 2 is 1.70 bits per heavy atom. The van der Waals surface area contributed by atoms with Gasteiger partial charge in [-0.2, -0.15) is 0 Å². The van der Waals surface area contributed by atoms with Crippen molar-refractivity contribution in [2.24, 2.45) is 0 Å². The normalized spacial score (nSPS) is 10.6. The molecule has 4 heteroatoms. The van der Waals surface area contributed by atoms with Crippen molar-refractivity contribution in [2.45, 2.75) is 6.92 Å². The third-order valence-corrected chi connectivity index (χ3v) is 3.44. The van der Waals surface area contributed by atoms with E-state index in [2.05, 4.69) is 0 Å². The number of hydrogen-bond donors (Lipinski definition) is 0. The molecule has 2 rings (SSSR count). The number of allylic oxidation sites excluding steroid dienone is 1. The summed E-state index contributed by atoms with van der Waals surface area (Å²) in [5.74, 6) is 1.13. The summed E-state index contributed by atoms with van der Waals surface area (Å²) >= 11 is 0. The maximum atomic E-state index is 12.5. The molecule has 0 N–H and O–H groups in total. The molecule has 2 aromatic carbocycles. The van der Waals surface area contributed by atoms with Gasteiger partial charge in [-0.05, 0) is 30.7 Å². The van der Waals surface area contributed by atoms with E-state index in [1.54, 1.807) is 18.2 Å². The second kappa shape index (κ2) is 7.49. The molecular formula is C19H20O4. The summed E-state index contributed by atoms with van der Waals surface area (Å²) in [6, 6.07) is 11.3. The number of benzene rings is 2. The Hall–Kier alpha value is -2.75. The molecule has 4 nitrogen and oxygen atoms in total. The van der Waals surface area contributed by atoms with E-state index in [9.17, 15) is 4.79 Å². The van der Waals surface area contributed by atoms with Gasteiger partial charge in [-0.1, -0.05) is 35.9 Å². The molecule has 0 atom stereocenters. The Morgan fingerprint density at radius 3 is 2.30 bits per heavy atom. The molecule has 23 heavy (non-hydrogen) atoms. The van der Waals surface area contributed by atoms with Gasteiger partial charge in [0.25, 0.3) is 0 Å². The van der Waals surface area contributed by atoms with Gasteiger partial charge in [0.05, 0.1) is 26.9 Å². The van der Waals surface area contributed by atoms with Crippen LogP contribution in [0.4, 0.5) is 0 Å². The summed E-state index contributed by atoms with van der Waals surface area (Å²) in [6.45, 7) is 2.01. The quantitative estimate of drug-likeness (QED) is 0.599. The van der Waals surface area contributed by atoms with E-state index in [-0.39, 0.29) is 5.78 Å². The molecule has 120 valence electrons. The fourth-order valence-corrected chi connectivity index (χ4v) is 2.33. The summed E-state index contributed by atoms with van der Waals surface area (Å²) in [5.41, 5.74) is 2.54. The third kappa shape index (κ3) is 3.72. The lowest BCUT2D eigenvalue weighted by Gasteiger charge is -2.14. The average Bonchev–Trinajstić information content (AvgIpc) is 2.58. The Labute approximate surface area is 136 Å². The molecule has 0 aliphatic rings. The highest BCUT2D eigenvalue weighted by atomic mass is 16.5. The third-order valence-electron chi connectivity index (χ3n) is 3.44. The highest BCUT2D eigenvalue weighted by Gasteiger charge is 2.19. The van der Waals surface area contributed by atoms with Crippen LogP contribution in [0, 0.1) is 6.92 Å². The van der Waals surface area contributed by atoms with Crippen molar-refractivity contribution in [3.05, 3.63) is 59.2 Å². The minimum absolute atomic E-state index is 0.163. The maximum absolute atomic E-state index is 12.5. The highest BCUT2D eigenvalue weighted by Crippen LogP contribution is 2.40. The van der Waals surface area contributed by atoms with Gasteiger partial charge in [-0.3, -0.25) is 4.79 Å². The standard InChI is InChI=1S/C19H20O4/c1-13-6-5-7-14(12-13)8-10-16(20)15-9-11-17(21-2)19(23-4)18(15)22-3/h5-12H,1-4H3/b10-8+. The van der Waals surface area contributed by atoms with E-state index in [4.69, 9.17) is 14.2 Å². The predicted octanol–water partition coefficient (Wildman–Crippen LogP) is 3.92.